The molecule has 132 valence electrons. The molecule has 6 nitrogen and oxygen atoms in total. The molecule has 0 saturated carbocycles. The minimum absolute atomic E-state index is 0.000259. The Kier molecular flexibility index (Phi) is 4.79. The molecule has 0 fully saturated rings. The van der Waals surface area contributed by atoms with E-state index in [-0.39, 0.29) is 23.8 Å². The quantitative estimate of drug-likeness (QED) is 0.845. The zero-order valence-corrected chi connectivity index (χ0v) is 14.3. The summed E-state index contributed by atoms with van der Waals surface area (Å²) >= 11 is 0. The Bertz CT molecular complexity index is 778. The second-order valence-electron chi connectivity index (χ2n) is 5.92. The van der Waals surface area contributed by atoms with Crippen LogP contribution < -0.4 is 10.5 Å². The van der Waals surface area contributed by atoms with Crippen LogP contribution in [0.2, 0.25) is 0 Å². The van der Waals surface area contributed by atoms with E-state index >= 15 is 0 Å². The number of benzene rings is 1. The molecule has 2 aliphatic rings. The Balaban J connectivity index is 2.16. The van der Waals surface area contributed by atoms with Gasteiger partial charge >= 0.3 is 5.97 Å². The molecule has 1 atom stereocenters. The molecule has 1 aliphatic carbocycles. The molecule has 2 N–H and O–H groups in total. The highest BCUT2D eigenvalue weighted by atomic mass is 16.5. The lowest BCUT2D eigenvalue weighted by Gasteiger charge is -2.32. The largest absolute Gasteiger partial charge is 0.497 e. The van der Waals surface area contributed by atoms with Gasteiger partial charge in [0.05, 0.1) is 19.6 Å². The molecular weight excluding hydrogens is 322 g/mol. The molecule has 6 heteroatoms. The number of esters is 1. The molecule has 1 aromatic carbocycles. The van der Waals surface area contributed by atoms with Crippen LogP contribution in [0.4, 0.5) is 0 Å². The number of ether oxygens (including phenoxy) is 3. The molecular formula is C19H21NO5. The Labute approximate surface area is 146 Å². The summed E-state index contributed by atoms with van der Waals surface area (Å²) in [6.45, 7) is 1.93. The molecule has 0 unspecified atom stereocenters. The summed E-state index contributed by atoms with van der Waals surface area (Å²) in [5.41, 5.74) is 7.45. The summed E-state index contributed by atoms with van der Waals surface area (Å²) in [5.74, 6) is -0.0164. The maximum Gasteiger partial charge on any atom is 0.340 e. The lowest BCUT2D eigenvalue weighted by Crippen LogP contribution is -2.31. The van der Waals surface area contributed by atoms with E-state index in [1.165, 1.54) is 0 Å². The summed E-state index contributed by atoms with van der Waals surface area (Å²) in [7, 11) is 1.57. The number of carbonyl (C=O) groups excluding carboxylic acids is 2. The summed E-state index contributed by atoms with van der Waals surface area (Å²) in [6, 6.07) is 7.26. The van der Waals surface area contributed by atoms with Gasteiger partial charge in [0, 0.05) is 18.4 Å². The van der Waals surface area contributed by atoms with Crippen LogP contribution in [0.1, 0.15) is 37.7 Å². The molecule has 25 heavy (non-hydrogen) atoms. The average molecular weight is 343 g/mol. The Hall–Kier alpha value is -2.76. The van der Waals surface area contributed by atoms with Crippen LogP contribution >= 0.6 is 0 Å². The molecule has 0 bridgehead atoms. The van der Waals surface area contributed by atoms with Crippen molar-refractivity contribution in [3.05, 3.63) is 52.6 Å². The predicted molar refractivity (Wildman–Crippen MR) is 90.6 cm³/mol. The van der Waals surface area contributed by atoms with Crippen molar-refractivity contribution in [3.8, 4) is 5.75 Å². The van der Waals surface area contributed by atoms with E-state index in [0.717, 1.165) is 5.56 Å². The van der Waals surface area contributed by atoms with Crippen molar-refractivity contribution in [1.82, 2.24) is 0 Å². The van der Waals surface area contributed by atoms with Crippen LogP contribution in [0.5, 0.6) is 5.75 Å². The normalized spacial score (nSPS) is 20.1. The van der Waals surface area contributed by atoms with Crippen molar-refractivity contribution in [2.75, 3.05) is 13.7 Å². The zero-order valence-electron chi connectivity index (χ0n) is 14.3. The number of hydrogen-bond acceptors (Lipinski definition) is 6. The third-order valence-corrected chi connectivity index (χ3v) is 4.41. The van der Waals surface area contributed by atoms with Crippen LogP contribution in [-0.4, -0.2) is 25.5 Å². The van der Waals surface area contributed by atoms with Gasteiger partial charge in [-0.25, -0.2) is 4.79 Å². The van der Waals surface area contributed by atoms with E-state index in [0.29, 0.717) is 36.3 Å². The second kappa shape index (κ2) is 7.01. The number of nitrogens with two attached hydrogens (primary N) is 1. The molecule has 1 heterocycles. The van der Waals surface area contributed by atoms with Gasteiger partial charge in [-0.2, -0.15) is 0 Å². The molecule has 1 aliphatic heterocycles. The molecule has 0 spiro atoms. The van der Waals surface area contributed by atoms with Gasteiger partial charge < -0.3 is 19.9 Å². The standard InChI is InChI=1S/C19H21NO5/c1-3-24-19(22)17-15(11-6-4-7-12(10-11)23-2)16-13(21)8-5-9-14(16)25-18(17)20/h4,6-7,10,15H,3,5,8-9,20H2,1-2H3/t15-/m1/s1. The fraction of sp³-hybridized carbons (Fsp3) is 0.368. The Morgan fingerprint density at radius 2 is 2.16 bits per heavy atom. The highest BCUT2D eigenvalue weighted by Crippen LogP contribution is 2.44. The first-order chi connectivity index (χ1) is 12.1. The lowest BCUT2D eigenvalue weighted by molar-refractivity contribution is -0.139. The predicted octanol–water partition coefficient (Wildman–Crippen LogP) is 2.55. The third-order valence-electron chi connectivity index (χ3n) is 4.41. The van der Waals surface area contributed by atoms with Crippen molar-refractivity contribution < 1.29 is 23.8 Å². The summed E-state index contributed by atoms with van der Waals surface area (Å²) in [6.07, 6.45) is 1.77. The van der Waals surface area contributed by atoms with Crippen LogP contribution in [0, 0.1) is 0 Å². The zero-order chi connectivity index (χ0) is 18.0. The van der Waals surface area contributed by atoms with E-state index in [9.17, 15) is 9.59 Å². The first kappa shape index (κ1) is 17.1. The van der Waals surface area contributed by atoms with Gasteiger partial charge in [-0.1, -0.05) is 12.1 Å². The van der Waals surface area contributed by atoms with E-state index in [1.54, 1.807) is 26.2 Å². The number of hydrogen-bond donors (Lipinski definition) is 1. The number of rotatable bonds is 4. The highest BCUT2D eigenvalue weighted by molar-refractivity contribution is 6.03. The second-order valence-corrected chi connectivity index (χ2v) is 5.92. The van der Waals surface area contributed by atoms with Crippen LogP contribution in [0.3, 0.4) is 0 Å². The van der Waals surface area contributed by atoms with E-state index in [4.69, 9.17) is 19.9 Å². The molecule has 1 aromatic rings. The summed E-state index contributed by atoms with van der Waals surface area (Å²) < 4.78 is 16.1. The van der Waals surface area contributed by atoms with Crippen LogP contribution in [0.25, 0.3) is 0 Å². The number of Topliss-reactive ketones (excluding diaryl/α,β-unsaturated/α-hetero) is 1. The molecule has 0 amide bonds. The lowest BCUT2D eigenvalue weighted by atomic mass is 9.77. The number of methoxy groups -OCH3 is 1. The Morgan fingerprint density at radius 1 is 1.36 bits per heavy atom. The SMILES string of the molecule is CCOC(=O)C1=C(N)OC2=C(C(=O)CCC2)[C@H]1c1cccc(OC)c1. The minimum Gasteiger partial charge on any atom is -0.497 e. The summed E-state index contributed by atoms with van der Waals surface area (Å²) in [5, 5.41) is 0. The van der Waals surface area contributed by atoms with Crippen molar-refractivity contribution in [2.24, 2.45) is 5.73 Å². The fourth-order valence-electron chi connectivity index (χ4n) is 3.32. The van der Waals surface area contributed by atoms with Gasteiger partial charge in [-0.3, -0.25) is 4.79 Å². The van der Waals surface area contributed by atoms with E-state index < -0.39 is 11.9 Å². The van der Waals surface area contributed by atoms with Gasteiger partial charge in [0.1, 0.15) is 17.1 Å². The first-order valence-electron chi connectivity index (χ1n) is 8.31. The monoisotopic (exact) mass is 343 g/mol. The molecule has 0 aromatic heterocycles. The fourth-order valence-corrected chi connectivity index (χ4v) is 3.32. The topological polar surface area (TPSA) is 87.9 Å². The van der Waals surface area contributed by atoms with E-state index in [2.05, 4.69) is 0 Å². The highest BCUT2D eigenvalue weighted by Gasteiger charge is 2.41. The third kappa shape index (κ3) is 3.12. The first-order valence-corrected chi connectivity index (χ1v) is 8.31. The minimum atomic E-state index is -0.606. The van der Waals surface area contributed by atoms with Crippen LogP contribution in [0.15, 0.2) is 47.1 Å². The van der Waals surface area contributed by atoms with Gasteiger partial charge in [0.25, 0.3) is 0 Å². The average Bonchev–Trinajstić information content (AvgIpc) is 2.61. The number of allylic oxidation sites excluding steroid dienone is 2. The number of carbonyl (C=O) groups is 2. The van der Waals surface area contributed by atoms with Gasteiger partial charge in [0.2, 0.25) is 5.88 Å². The van der Waals surface area contributed by atoms with Crippen LogP contribution in [-0.2, 0) is 19.1 Å². The van der Waals surface area contributed by atoms with Gasteiger partial charge in [-0.15, -0.1) is 0 Å². The Morgan fingerprint density at radius 3 is 2.88 bits per heavy atom. The van der Waals surface area contributed by atoms with Crippen molar-refractivity contribution in [3.63, 3.8) is 0 Å². The molecule has 0 saturated heterocycles. The summed E-state index contributed by atoms with van der Waals surface area (Å²) in [4.78, 5) is 25.1. The van der Waals surface area contributed by atoms with E-state index in [1.807, 2.05) is 12.1 Å². The smallest absolute Gasteiger partial charge is 0.340 e. The van der Waals surface area contributed by atoms with Crippen molar-refractivity contribution >= 4 is 11.8 Å². The molecule has 3 rings (SSSR count). The van der Waals surface area contributed by atoms with Gasteiger partial charge in [-0.05, 0) is 31.0 Å². The molecule has 0 radical (unpaired) electrons. The maximum atomic E-state index is 12.6. The maximum absolute atomic E-state index is 12.6. The van der Waals surface area contributed by atoms with Crippen molar-refractivity contribution in [2.45, 2.75) is 32.1 Å². The van der Waals surface area contributed by atoms with Gasteiger partial charge in [0.15, 0.2) is 5.78 Å². The number of ketones is 1. The van der Waals surface area contributed by atoms with Crippen molar-refractivity contribution in [1.29, 1.82) is 0 Å².